The fraction of sp³-hybridized carbons (Fsp3) is 0.562. The average molecular weight is 298 g/mol. The van der Waals surface area contributed by atoms with Gasteiger partial charge in [-0.2, -0.15) is 0 Å². The van der Waals surface area contributed by atoms with Crippen LogP contribution >= 0.6 is 11.6 Å². The topological polar surface area (TPSA) is 20.3 Å². The summed E-state index contributed by atoms with van der Waals surface area (Å²) in [5.74, 6) is 0.353. The van der Waals surface area contributed by atoms with E-state index in [1.54, 1.807) is 0 Å². The number of alkyl halides is 1. The van der Waals surface area contributed by atoms with Crippen LogP contribution in [0.3, 0.4) is 0 Å². The highest BCUT2D eigenvalue weighted by molar-refractivity contribution is 6.33. The molecule has 0 aliphatic carbocycles. The zero-order chi connectivity index (χ0) is 14.5. The first kappa shape index (κ1) is 15.5. The van der Waals surface area contributed by atoms with E-state index in [-0.39, 0.29) is 11.6 Å². The van der Waals surface area contributed by atoms with Gasteiger partial charge in [-0.15, -0.1) is 11.6 Å². The average Bonchev–Trinajstić information content (AvgIpc) is 2.46. The van der Waals surface area contributed by atoms with E-state index in [0.29, 0.717) is 12.0 Å². The number of carbonyl (C=O) groups is 1. The smallest absolute Gasteiger partial charge is 0.180 e. The predicted molar refractivity (Wildman–Crippen MR) is 79.8 cm³/mol. The SMILES string of the molecule is CC1CCN(CCC(Cl)C(=O)c2ccc(F)cc2)CC1. The van der Waals surface area contributed by atoms with Gasteiger partial charge in [-0.3, -0.25) is 4.79 Å². The van der Waals surface area contributed by atoms with Gasteiger partial charge in [0, 0.05) is 5.56 Å². The molecule has 0 bridgehead atoms. The van der Waals surface area contributed by atoms with E-state index in [9.17, 15) is 9.18 Å². The molecule has 1 aliphatic heterocycles. The molecule has 110 valence electrons. The van der Waals surface area contributed by atoms with E-state index in [1.165, 1.54) is 37.1 Å². The number of ketones is 1. The lowest BCUT2D eigenvalue weighted by atomic mass is 9.99. The summed E-state index contributed by atoms with van der Waals surface area (Å²) in [6, 6.07) is 5.58. The number of halogens is 2. The molecule has 1 fully saturated rings. The van der Waals surface area contributed by atoms with E-state index in [1.807, 2.05) is 0 Å². The van der Waals surface area contributed by atoms with Crippen LogP contribution in [-0.2, 0) is 0 Å². The Hall–Kier alpha value is -0.930. The Morgan fingerprint density at radius 2 is 1.95 bits per heavy atom. The van der Waals surface area contributed by atoms with Gasteiger partial charge in [0.2, 0.25) is 0 Å². The Kier molecular flexibility index (Phi) is 5.55. The van der Waals surface area contributed by atoms with E-state index < -0.39 is 5.38 Å². The number of benzene rings is 1. The summed E-state index contributed by atoms with van der Waals surface area (Å²) >= 11 is 6.18. The van der Waals surface area contributed by atoms with Crippen molar-refractivity contribution in [3.8, 4) is 0 Å². The number of hydrogen-bond acceptors (Lipinski definition) is 2. The number of nitrogens with zero attached hydrogens (tertiary/aromatic N) is 1. The van der Waals surface area contributed by atoms with Crippen LogP contribution in [0.1, 0.15) is 36.5 Å². The second-order valence-electron chi connectivity index (χ2n) is 5.65. The molecule has 1 aromatic rings. The van der Waals surface area contributed by atoms with Gasteiger partial charge >= 0.3 is 0 Å². The first-order chi connectivity index (χ1) is 9.56. The van der Waals surface area contributed by atoms with Crippen molar-refractivity contribution in [2.75, 3.05) is 19.6 Å². The lowest BCUT2D eigenvalue weighted by Gasteiger charge is -2.30. The fourth-order valence-electron chi connectivity index (χ4n) is 2.51. The molecule has 1 aromatic carbocycles. The van der Waals surface area contributed by atoms with Crippen LogP contribution in [0, 0.1) is 11.7 Å². The van der Waals surface area contributed by atoms with E-state index in [2.05, 4.69) is 11.8 Å². The van der Waals surface area contributed by atoms with Gasteiger partial charge in [0.05, 0.1) is 5.38 Å². The van der Waals surface area contributed by atoms with Crippen molar-refractivity contribution < 1.29 is 9.18 Å². The number of carbonyl (C=O) groups excluding carboxylic acids is 1. The van der Waals surface area contributed by atoms with Crippen molar-refractivity contribution in [3.63, 3.8) is 0 Å². The van der Waals surface area contributed by atoms with Gasteiger partial charge < -0.3 is 4.90 Å². The zero-order valence-electron chi connectivity index (χ0n) is 11.8. The zero-order valence-corrected chi connectivity index (χ0v) is 12.6. The third kappa shape index (κ3) is 4.29. The van der Waals surface area contributed by atoms with Gasteiger partial charge in [0.25, 0.3) is 0 Å². The predicted octanol–water partition coefficient (Wildman–Crippen LogP) is 3.74. The molecule has 1 aliphatic rings. The third-order valence-corrected chi connectivity index (χ3v) is 4.40. The third-order valence-electron chi connectivity index (χ3n) is 3.99. The minimum Gasteiger partial charge on any atom is -0.303 e. The molecule has 0 aromatic heterocycles. The Labute approximate surface area is 124 Å². The van der Waals surface area contributed by atoms with Gasteiger partial charge in [0.15, 0.2) is 5.78 Å². The molecule has 1 heterocycles. The summed E-state index contributed by atoms with van der Waals surface area (Å²) in [6.45, 7) is 5.32. The summed E-state index contributed by atoms with van der Waals surface area (Å²) in [5.41, 5.74) is 0.485. The number of likely N-dealkylation sites (tertiary alicyclic amines) is 1. The minimum atomic E-state index is -0.528. The number of rotatable bonds is 5. The summed E-state index contributed by atoms with van der Waals surface area (Å²) in [7, 11) is 0. The molecule has 0 N–H and O–H groups in total. The molecule has 1 unspecified atom stereocenters. The maximum atomic E-state index is 12.8. The maximum Gasteiger partial charge on any atom is 0.180 e. The second-order valence-corrected chi connectivity index (χ2v) is 6.18. The first-order valence-corrected chi connectivity index (χ1v) is 7.66. The Balaban J connectivity index is 1.80. The molecule has 2 nitrogen and oxygen atoms in total. The summed E-state index contributed by atoms with van der Waals surface area (Å²) in [5, 5.41) is -0.528. The molecular weight excluding hydrogens is 277 g/mol. The summed E-state index contributed by atoms with van der Waals surface area (Å²) in [4.78, 5) is 14.5. The number of piperidine rings is 1. The highest BCUT2D eigenvalue weighted by Gasteiger charge is 2.20. The molecule has 4 heteroatoms. The number of hydrogen-bond donors (Lipinski definition) is 0. The van der Waals surface area contributed by atoms with Crippen molar-refractivity contribution in [1.29, 1.82) is 0 Å². The van der Waals surface area contributed by atoms with Crippen LogP contribution in [-0.4, -0.2) is 35.7 Å². The molecule has 0 spiro atoms. The standard InChI is InChI=1S/C16H21ClFNO/c1-12-6-9-19(10-7-12)11-8-15(17)16(20)13-2-4-14(18)5-3-13/h2-5,12,15H,6-11H2,1H3. The van der Waals surface area contributed by atoms with E-state index in [0.717, 1.165) is 25.6 Å². The van der Waals surface area contributed by atoms with Crippen LogP contribution in [0.25, 0.3) is 0 Å². The van der Waals surface area contributed by atoms with E-state index in [4.69, 9.17) is 11.6 Å². The minimum absolute atomic E-state index is 0.114. The van der Waals surface area contributed by atoms with Crippen molar-refractivity contribution in [2.45, 2.75) is 31.6 Å². The van der Waals surface area contributed by atoms with Crippen molar-refractivity contribution in [1.82, 2.24) is 4.90 Å². The summed E-state index contributed by atoms with van der Waals surface area (Å²) < 4.78 is 12.8. The Morgan fingerprint density at radius 1 is 1.35 bits per heavy atom. The molecule has 2 rings (SSSR count). The van der Waals surface area contributed by atoms with Crippen molar-refractivity contribution in [2.24, 2.45) is 5.92 Å². The molecule has 1 atom stereocenters. The van der Waals surface area contributed by atoms with Crippen LogP contribution in [0.2, 0.25) is 0 Å². The molecule has 20 heavy (non-hydrogen) atoms. The van der Waals surface area contributed by atoms with Gasteiger partial charge in [-0.05, 0) is 69.1 Å². The monoisotopic (exact) mass is 297 g/mol. The fourth-order valence-corrected chi connectivity index (χ4v) is 2.73. The normalized spacial score (nSPS) is 18.9. The van der Waals surface area contributed by atoms with Crippen molar-refractivity contribution in [3.05, 3.63) is 35.6 Å². The van der Waals surface area contributed by atoms with Crippen LogP contribution in [0.5, 0.6) is 0 Å². The van der Waals surface area contributed by atoms with Gasteiger partial charge in [-0.25, -0.2) is 4.39 Å². The number of Topliss-reactive ketones (excluding diaryl/α,β-unsaturated/α-hetero) is 1. The molecule has 0 radical (unpaired) electrons. The summed E-state index contributed by atoms with van der Waals surface area (Å²) in [6.07, 6.45) is 3.09. The Morgan fingerprint density at radius 3 is 2.55 bits per heavy atom. The highest BCUT2D eigenvalue weighted by atomic mass is 35.5. The van der Waals surface area contributed by atoms with Crippen LogP contribution in [0.4, 0.5) is 4.39 Å². The largest absolute Gasteiger partial charge is 0.303 e. The van der Waals surface area contributed by atoms with Crippen LogP contribution in [0.15, 0.2) is 24.3 Å². The van der Waals surface area contributed by atoms with E-state index >= 15 is 0 Å². The molecule has 0 amide bonds. The van der Waals surface area contributed by atoms with Gasteiger partial charge in [-0.1, -0.05) is 6.92 Å². The van der Waals surface area contributed by atoms with Crippen LogP contribution < -0.4 is 0 Å². The maximum absolute atomic E-state index is 12.8. The second kappa shape index (κ2) is 7.19. The van der Waals surface area contributed by atoms with Gasteiger partial charge in [0.1, 0.15) is 5.82 Å². The van der Waals surface area contributed by atoms with Crippen molar-refractivity contribution >= 4 is 17.4 Å². The quantitative estimate of drug-likeness (QED) is 0.609. The Bertz CT molecular complexity index is 440. The first-order valence-electron chi connectivity index (χ1n) is 7.22. The highest BCUT2D eigenvalue weighted by Crippen LogP contribution is 2.18. The molecular formula is C16H21ClFNO. The lowest BCUT2D eigenvalue weighted by molar-refractivity contribution is 0.0975. The molecule has 0 saturated carbocycles. The lowest BCUT2D eigenvalue weighted by Crippen LogP contribution is -2.35. The molecule has 1 saturated heterocycles.